The summed E-state index contributed by atoms with van der Waals surface area (Å²) in [5.41, 5.74) is 2.21. The van der Waals surface area contributed by atoms with E-state index >= 15 is 0 Å². The van der Waals surface area contributed by atoms with Crippen LogP contribution in [0.1, 0.15) is 37.0 Å². The Hall–Kier alpha value is -1.45. The molecular weight excluding hydrogens is 284 g/mol. The van der Waals surface area contributed by atoms with Crippen molar-refractivity contribution in [1.82, 2.24) is 5.32 Å². The molecule has 0 aliphatic carbocycles. The largest absolute Gasteiger partial charge is 0.464 e. The number of halogens is 1. The molecule has 2 aromatic rings. The van der Waals surface area contributed by atoms with Crippen molar-refractivity contribution < 1.29 is 4.42 Å². The van der Waals surface area contributed by atoms with E-state index in [1.54, 1.807) is 0 Å². The van der Waals surface area contributed by atoms with Crippen LogP contribution in [0.15, 0.2) is 34.7 Å². The summed E-state index contributed by atoms with van der Waals surface area (Å²) < 4.78 is 5.62. The number of furan rings is 1. The van der Waals surface area contributed by atoms with Crippen LogP contribution < -0.4 is 10.2 Å². The van der Waals surface area contributed by atoms with Crippen molar-refractivity contribution in [2.45, 2.75) is 33.4 Å². The first kappa shape index (κ1) is 15.9. The van der Waals surface area contributed by atoms with Gasteiger partial charge in [0.2, 0.25) is 0 Å². The van der Waals surface area contributed by atoms with Gasteiger partial charge in [0, 0.05) is 23.8 Å². The van der Waals surface area contributed by atoms with Crippen molar-refractivity contribution in [3.63, 3.8) is 0 Å². The van der Waals surface area contributed by atoms with Gasteiger partial charge in [-0.05, 0) is 50.2 Å². The van der Waals surface area contributed by atoms with E-state index in [4.69, 9.17) is 16.0 Å². The number of aryl methyl sites for hydroxylation is 1. The Morgan fingerprint density at radius 1 is 1.29 bits per heavy atom. The molecule has 0 bridgehead atoms. The summed E-state index contributed by atoms with van der Waals surface area (Å²) in [4.78, 5) is 2.13. The number of hydrogen-bond donors (Lipinski definition) is 1. The van der Waals surface area contributed by atoms with Gasteiger partial charge in [-0.25, -0.2) is 0 Å². The van der Waals surface area contributed by atoms with E-state index in [0.717, 1.165) is 40.9 Å². The number of anilines is 1. The molecule has 1 unspecified atom stereocenters. The van der Waals surface area contributed by atoms with E-state index < -0.39 is 0 Å². The van der Waals surface area contributed by atoms with E-state index in [-0.39, 0.29) is 6.04 Å². The Balaban J connectivity index is 2.11. The van der Waals surface area contributed by atoms with Gasteiger partial charge in [0.05, 0.1) is 6.54 Å². The van der Waals surface area contributed by atoms with Gasteiger partial charge >= 0.3 is 0 Å². The maximum absolute atomic E-state index is 6.42. The van der Waals surface area contributed by atoms with E-state index in [9.17, 15) is 0 Å². The molecular formula is C17H23ClN2O. The first-order valence-electron chi connectivity index (χ1n) is 7.30. The molecule has 1 atom stereocenters. The van der Waals surface area contributed by atoms with Crippen molar-refractivity contribution >= 4 is 17.3 Å². The summed E-state index contributed by atoms with van der Waals surface area (Å²) in [5.74, 6) is 1.89. The lowest BCUT2D eigenvalue weighted by Crippen LogP contribution is -2.19. The molecule has 0 saturated carbocycles. The van der Waals surface area contributed by atoms with Crippen molar-refractivity contribution in [3.05, 3.63) is 52.4 Å². The number of nitrogens with zero attached hydrogens (tertiary/aromatic N) is 1. The van der Waals surface area contributed by atoms with Gasteiger partial charge in [-0.15, -0.1) is 0 Å². The Labute approximate surface area is 131 Å². The fourth-order valence-electron chi connectivity index (χ4n) is 2.42. The van der Waals surface area contributed by atoms with Gasteiger partial charge < -0.3 is 14.6 Å². The highest BCUT2D eigenvalue weighted by molar-refractivity contribution is 6.31. The minimum Gasteiger partial charge on any atom is -0.464 e. The molecule has 0 saturated heterocycles. The predicted octanol–water partition coefficient (Wildman–Crippen LogP) is 4.55. The summed E-state index contributed by atoms with van der Waals surface area (Å²) in [6, 6.07) is 10.5. The second-order valence-corrected chi connectivity index (χ2v) is 5.76. The molecule has 1 heterocycles. The fourth-order valence-corrected chi connectivity index (χ4v) is 2.75. The smallest absolute Gasteiger partial charge is 0.123 e. The minimum absolute atomic E-state index is 0.259. The predicted molar refractivity (Wildman–Crippen MR) is 89.1 cm³/mol. The van der Waals surface area contributed by atoms with Crippen molar-refractivity contribution in [2.75, 3.05) is 18.5 Å². The van der Waals surface area contributed by atoms with Gasteiger partial charge in [-0.2, -0.15) is 0 Å². The minimum atomic E-state index is 0.259. The molecule has 1 aromatic carbocycles. The molecule has 1 N–H and O–H groups in total. The van der Waals surface area contributed by atoms with E-state index in [0.29, 0.717) is 0 Å². The maximum atomic E-state index is 6.42. The Bertz CT molecular complexity index is 594. The van der Waals surface area contributed by atoms with Crippen LogP contribution in [0, 0.1) is 6.92 Å². The highest BCUT2D eigenvalue weighted by Crippen LogP contribution is 2.28. The number of nitrogens with one attached hydrogen (secondary N) is 1. The lowest BCUT2D eigenvalue weighted by atomic mass is 10.1. The average molecular weight is 307 g/mol. The van der Waals surface area contributed by atoms with Crippen molar-refractivity contribution in [1.29, 1.82) is 0 Å². The van der Waals surface area contributed by atoms with Crippen LogP contribution in [0.4, 0.5) is 5.69 Å². The van der Waals surface area contributed by atoms with Crippen LogP contribution in [0.3, 0.4) is 0 Å². The molecule has 0 radical (unpaired) electrons. The molecule has 0 aliphatic heterocycles. The van der Waals surface area contributed by atoms with E-state index in [1.807, 2.05) is 32.2 Å². The molecule has 0 fully saturated rings. The summed E-state index contributed by atoms with van der Waals surface area (Å²) in [6.07, 6.45) is 0. The zero-order valence-electron chi connectivity index (χ0n) is 13.1. The van der Waals surface area contributed by atoms with Gasteiger partial charge in [0.1, 0.15) is 11.5 Å². The normalized spacial score (nSPS) is 12.4. The van der Waals surface area contributed by atoms with Crippen LogP contribution in [0.2, 0.25) is 5.02 Å². The number of hydrogen-bond acceptors (Lipinski definition) is 3. The zero-order valence-corrected chi connectivity index (χ0v) is 13.9. The Kier molecular flexibility index (Phi) is 5.32. The summed E-state index contributed by atoms with van der Waals surface area (Å²) in [7, 11) is 2.04. The number of rotatable bonds is 6. The molecule has 1 aromatic heterocycles. The van der Waals surface area contributed by atoms with Gasteiger partial charge in [-0.3, -0.25) is 0 Å². The first-order valence-corrected chi connectivity index (χ1v) is 7.68. The highest BCUT2D eigenvalue weighted by atomic mass is 35.5. The van der Waals surface area contributed by atoms with E-state index in [1.165, 1.54) is 0 Å². The Morgan fingerprint density at radius 3 is 2.62 bits per heavy atom. The summed E-state index contributed by atoms with van der Waals surface area (Å²) in [6.45, 7) is 7.83. The van der Waals surface area contributed by atoms with Crippen LogP contribution in [0.5, 0.6) is 0 Å². The van der Waals surface area contributed by atoms with Gasteiger partial charge in [0.25, 0.3) is 0 Å². The van der Waals surface area contributed by atoms with Crippen molar-refractivity contribution in [3.8, 4) is 0 Å². The summed E-state index contributed by atoms with van der Waals surface area (Å²) in [5, 5.41) is 4.18. The Morgan fingerprint density at radius 2 is 2.05 bits per heavy atom. The molecule has 3 nitrogen and oxygen atoms in total. The van der Waals surface area contributed by atoms with Gasteiger partial charge in [-0.1, -0.05) is 24.6 Å². The monoisotopic (exact) mass is 306 g/mol. The first-order chi connectivity index (χ1) is 10.0. The van der Waals surface area contributed by atoms with Gasteiger partial charge in [0.15, 0.2) is 0 Å². The maximum Gasteiger partial charge on any atom is 0.123 e. The van der Waals surface area contributed by atoms with Crippen LogP contribution >= 0.6 is 11.6 Å². The molecule has 21 heavy (non-hydrogen) atoms. The standard InChI is InChI=1S/C17H23ClN2O/c1-5-19-13(3)16-9-7-14(10-17(16)18)20(4)11-15-8-6-12(2)21-15/h6-10,13,19H,5,11H2,1-4H3. The van der Waals surface area contributed by atoms with Crippen molar-refractivity contribution in [2.24, 2.45) is 0 Å². The molecule has 0 amide bonds. The quantitative estimate of drug-likeness (QED) is 0.849. The summed E-state index contributed by atoms with van der Waals surface area (Å²) >= 11 is 6.42. The third kappa shape index (κ3) is 4.02. The fraction of sp³-hybridized carbons (Fsp3) is 0.412. The molecule has 4 heteroatoms. The molecule has 2 rings (SSSR count). The zero-order chi connectivity index (χ0) is 15.4. The highest BCUT2D eigenvalue weighted by Gasteiger charge is 2.11. The molecule has 0 spiro atoms. The topological polar surface area (TPSA) is 28.4 Å². The molecule has 0 aliphatic rings. The number of benzene rings is 1. The third-order valence-corrected chi connectivity index (χ3v) is 3.92. The van der Waals surface area contributed by atoms with Crippen LogP contribution in [-0.4, -0.2) is 13.6 Å². The van der Waals surface area contributed by atoms with Crippen LogP contribution in [0.25, 0.3) is 0 Å². The average Bonchev–Trinajstić information content (AvgIpc) is 2.84. The lowest BCUT2D eigenvalue weighted by Gasteiger charge is -2.21. The SMILES string of the molecule is CCNC(C)c1ccc(N(C)Cc2ccc(C)o2)cc1Cl. The second-order valence-electron chi connectivity index (χ2n) is 5.35. The third-order valence-electron chi connectivity index (χ3n) is 3.59. The van der Waals surface area contributed by atoms with Crippen LogP contribution in [-0.2, 0) is 6.54 Å². The van der Waals surface area contributed by atoms with E-state index in [2.05, 4.69) is 36.2 Å². The second kappa shape index (κ2) is 7.01. The molecule has 114 valence electrons. The lowest BCUT2D eigenvalue weighted by molar-refractivity contribution is 0.482.